The predicted octanol–water partition coefficient (Wildman–Crippen LogP) is 3.44. The van der Waals surface area contributed by atoms with Crippen molar-refractivity contribution in [3.8, 4) is 5.69 Å². The molecule has 2 rings (SSSR count). The summed E-state index contributed by atoms with van der Waals surface area (Å²) >= 11 is 5.88. The molecule has 0 unspecified atom stereocenters. The summed E-state index contributed by atoms with van der Waals surface area (Å²) in [5.41, 5.74) is 2.13. The molecule has 1 aromatic carbocycles. The van der Waals surface area contributed by atoms with E-state index in [2.05, 4.69) is 31.1 Å². The van der Waals surface area contributed by atoms with Crippen molar-refractivity contribution in [3.63, 3.8) is 0 Å². The number of nitrogens with zero attached hydrogens (tertiary/aromatic N) is 3. The lowest BCUT2D eigenvalue weighted by atomic mass is 9.90. The number of benzene rings is 1. The first-order chi connectivity index (χ1) is 8.43. The van der Waals surface area contributed by atoms with Gasteiger partial charge in [0.25, 0.3) is 0 Å². The summed E-state index contributed by atoms with van der Waals surface area (Å²) in [7, 11) is 0. The highest BCUT2D eigenvalue weighted by atomic mass is 35.5. The fourth-order valence-electron chi connectivity index (χ4n) is 1.94. The van der Waals surface area contributed by atoms with E-state index in [1.54, 1.807) is 16.8 Å². The van der Waals surface area contributed by atoms with Gasteiger partial charge in [-0.3, -0.25) is 0 Å². The fraction of sp³-hybridized carbons (Fsp3) is 0.385. The Bertz CT molecular complexity index is 558. The van der Waals surface area contributed by atoms with Gasteiger partial charge in [-0.1, -0.05) is 32.1 Å². The standard InChI is InChI=1S/C13H15ClFN3/c1-13(2,3)12-11(8-14)16-17-18(12)10-6-4-5-9(15)7-10/h4-7H,8H2,1-3H3. The monoisotopic (exact) mass is 267 g/mol. The number of aromatic nitrogens is 3. The van der Waals surface area contributed by atoms with Crippen molar-refractivity contribution in [1.82, 2.24) is 15.0 Å². The average molecular weight is 268 g/mol. The second kappa shape index (κ2) is 4.69. The fourth-order valence-corrected chi connectivity index (χ4v) is 2.12. The Balaban J connectivity index is 2.62. The van der Waals surface area contributed by atoms with Crippen LogP contribution in [-0.2, 0) is 11.3 Å². The van der Waals surface area contributed by atoms with Gasteiger partial charge in [-0.25, -0.2) is 9.07 Å². The van der Waals surface area contributed by atoms with E-state index in [0.717, 1.165) is 11.4 Å². The lowest BCUT2D eigenvalue weighted by Crippen LogP contribution is -2.19. The van der Waals surface area contributed by atoms with Crippen molar-refractivity contribution in [2.45, 2.75) is 32.1 Å². The van der Waals surface area contributed by atoms with Crippen molar-refractivity contribution in [2.24, 2.45) is 0 Å². The molecule has 0 N–H and O–H groups in total. The van der Waals surface area contributed by atoms with Gasteiger partial charge in [-0.05, 0) is 18.2 Å². The minimum Gasteiger partial charge on any atom is -0.217 e. The average Bonchev–Trinajstić information content (AvgIpc) is 2.72. The predicted molar refractivity (Wildman–Crippen MR) is 69.6 cm³/mol. The van der Waals surface area contributed by atoms with Gasteiger partial charge < -0.3 is 0 Å². The van der Waals surface area contributed by atoms with Crippen LogP contribution >= 0.6 is 11.6 Å². The minimum atomic E-state index is -0.296. The van der Waals surface area contributed by atoms with Gasteiger partial charge >= 0.3 is 0 Å². The van der Waals surface area contributed by atoms with E-state index in [1.165, 1.54) is 12.1 Å². The van der Waals surface area contributed by atoms with Crippen LogP contribution in [0.25, 0.3) is 5.69 Å². The summed E-state index contributed by atoms with van der Waals surface area (Å²) in [6.07, 6.45) is 0. The molecule has 5 heteroatoms. The topological polar surface area (TPSA) is 30.7 Å². The van der Waals surface area contributed by atoms with E-state index in [0.29, 0.717) is 11.6 Å². The summed E-state index contributed by atoms with van der Waals surface area (Å²) in [4.78, 5) is 0. The van der Waals surface area contributed by atoms with Crippen molar-refractivity contribution in [3.05, 3.63) is 41.5 Å². The Morgan fingerprint density at radius 1 is 1.33 bits per heavy atom. The molecule has 0 saturated carbocycles. The van der Waals surface area contributed by atoms with Gasteiger partial charge in [0.15, 0.2) is 0 Å². The smallest absolute Gasteiger partial charge is 0.125 e. The Labute approximate surface area is 111 Å². The first-order valence-electron chi connectivity index (χ1n) is 5.70. The van der Waals surface area contributed by atoms with E-state index in [1.807, 2.05) is 0 Å². The maximum Gasteiger partial charge on any atom is 0.125 e. The Morgan fingerprint density at radius 3 is 2.61 bits per heavy atom. The van der Waals surface area contributed by atoms with E-state index >= 15 is 0 Å². The molecular formula is C13H15ClFN3. The van der Waals surface area contributed by atoms with E-state index in [-0.39, 0.29) is 11.2 Å². The minimum absolute atomic E-state index is 0.167. The van der Waals surface area contributed by atoms with Crippen molar-refractivity contribution >= 4 is 11.6 Å². The number of hydrogen-bond acceptors (Lipinski definition) is 2. The molecule has 0 fully saturated rings. The normalized spacial score (nSPS) is 11.8. The molecular weight excluding hydrogens is 253 g/mol. The zero-order chi connectivity index (χ0) is 13.3. The number of alkyl halides is 1. The number of halogens is 2. The zero-order valence-electron chi connectivity index (χ0n) is 10.6. The molecule has 0 amide bonds. The van der Waals surface area contributed by atoms with Gasteiger partial charge in [0.05, 0.1) is 17.3 Å². The van der Waals surface area contributed by atoms with Gasteiger partial charge in [0, 0.05) is 5.41 Å². The van der Waals surface area contributed by atoms with Crippen molar-refractivity contribution in [2.75, 3.05) is 0 Å². The molecule has 0 aliphatic rings. The molecule has 0 aliphatic carbocycles. The molecule has 1 heterocycles. The first-order valence-corrected chi connectivity index (χ1v) is 6.24. The Hall–Kier alpha value is -1.42. The maximum absolute atomic E-state index is 13.3. The van der Waals surface area contributed by atoms with Gasteiger partial charge in [0.2, 0.25) is 0 Å². The SMILES string of the molecule is CC(C)(C)c1c(CCl)nnn1-c1cccc(F)c1. The van der Waals surface area contributed by atoms with Crippen LogP contribution in [-0.4, -0.2) is 15.0 Å². The summed E-state index contributed by atoms with van der Waals surface area (Å²) in [6.45, 7) is 6.16. The highest BCUT2D eigenvalue weighted by molar-refractivity contribution is 6.17. The van der Waals surface area contributed by atoms with E-state index < -0.39 is 0 Å². The van der Waals surface area contributed by atoms with Gasteiger partial charge in [0.1, 0.15) is 11.5 Å². The molecule has 1 aromatic heterocycles. The third-order valence-electron chi connectivity index (χ3n) is 2.63. The second-order valence-electron chi connectivity index (χ2n) is 5.16. The van der Waals surface area contributed by atoms with Crippen molar-refractivity contribution < 1.29 is 4.39 Å². The molecule has 96 valence electrons. The van der Waals surface area contributed by atoms with Crippen LogP contribution < -0.4 is 0 Å². The summed E-state index contributed by atoms with van der Waals surface area (Å²) < 4.78 is 14.9. The number of hydrogen-bond donors (Lipinski definition) is 0. The van der Waals surface area contributed by atoms with Crippen LogP contribution in [0.3, 0.4) is 0 Å². The Morgan fingerprint density at radius 2 is 2.06 bits per heavy atom. The van der Waals surface area contributed by atoms with Crippen LogP contribution in [0, 0.1) is 5.82 Å². The number of rotatable bonds is 2. The molecule has 0 spiro atoms. The zero-order valence-corrected chi connectivity index (χ0v) is 11.4. The van der Waals surface area contributed by atoms with Gasteiger partial charge in [-0.2, -0.15) is 0 Å². The molecule has 2 aromatic rings. The largest absolute Gasteiger partial charge is 0.217 e. The molecule has 18 heavy (non-hydrogen) atoms. The molecule has 0 atom stereocenters. The highest BCUT2D eigenvalue weighted by Gasteiger charge is 2.25. The maximum atomic E-state index is 13.3. The molecule has 0 aliphatic heterocycles. The second-order valence-corrected chi connectivity index (χ2v) is 5.43. The van der Waals surface area contributed by atoms with Crippen LogP contribution in [0.4, 0.5) is 4.39 Å². The quantitative estimate of drug-likeness (QED) is 0.781. The first kappa shape index (κ1) is 13.0. The molecule has 0 radical (unpaired) electrons. The van der Waals surface area contributed by atoms with E-state index in [4.69, 9.17) is 11.6 Å². The molecule has 3 nitrogen and oxygen atoms in total. The van der Waals surface area contributed by atoms with Crippen LogP contribution in [0.5, 0.6) is 0 Å². The Kier molecular flexibility index (Phi) is 3.39. The van der Waals surface area contributed by atoms with Gasteiger partial charge in [-0.15, -0.1) is 16.7 Å². The molecule has 0 bridgehead atoms. The summed E-state index contributed by atoms with van der Waals surface area (Å²) in [5.74, 6) is -0.00246. The molecule has 0 saturated heterocycles. The third kappa shape index (κ3) is 2.38. The van der Waals surface area contributed by atoms with Crippen LogP contribution in [0.15, 0.2) is 24.3 Å². The van der Waals surface area contributed by atoms with Crippen molar-refractivity contribution in [1.29, 1.82) is 0 Å². The highest BCUT2D eigenvalue weighted by Crippen LogP contribution is 2.27. The third-order valence-corrected chi connectivity index (χ3v) is 2.88. The van der Waals surface area contributed by atoms with E-state index in [9.17, 15) is 4.39 Å². The summed E-state index contributed by atoms with van der Waals surface area (Å²) in [6, 6.07) is 6.28. The lowest BCUT2D eigenvalue weighted by molar-refractivity contribution is 0.538. The lowest BCUT2D eigenvalue weighted by Gasteiger charge is -2.20. The van der Waals surface area contributed by atoms with Crippen LogP contribution in [0.1, 0.15) is 32.2 Å². The summed E-state index contributed by atoms with van der Waals surface area (Å²) in [5, 5.41) is 8.15. The van der Waals surface area contributed by atoms with Crippen LogP contribution in [0.2, 0.25) is 0 Å².